The van der Waals surface area contributed by atoms with Crippen molar-refractivity contribution >= 4 is 45.6 Å². The summed E-state index contributed by atoms with van der Waals surface area (Å²) in [7, 11) is -1.68. The van der Waals surface area contributed by atoms with Crippen molar-refractivity contribution in [1.82, 2.24) is 0 Å². The molecule has 0 spiro atoms. The lowest BCUT2D eigenvalue weighted by molar-refractivity contribution is 0.422. The third kappa shape index (κ3) is 1.48. The van der Waals surface area contributed by atoms with Crippen molar-refractivity contribution in [1.29, 1.82) is 0 Å². The zero-order chi connectivity index (χ0) is 10.3. The van der Waals surface area contributed by atoms with Crippen molar-refractivity contribution in [2.24, 2.45) is 0 Å². The molecular weight excluding hydrogens is 222 g/mol. The van der Waals surface area contributed by atoms with E-state index in [0.717, 1.165) is 16.0 Å². The molecule has 2 aromatic rings. The molecule has 3 nitrogen and oxygen atoms in total. The highest BCUT2D eigenvalue weighted by Crippen LogP contribution is 2.30. The van der Waals surface area contributed by atoms with Gasteiger partial charge in [0, 0.05) is 15.2 Å². The Labute approximate surface area is 89.3 Å². The number of fused-ring (bicyclic) bond motifs is 1. The predicted molar refractivity (Wildman–Crippen MR) is 58.3 cm³/mol. The maximum Gasteiger partial charge on any atom is 0.493 e. The number of thiophene rings is 1. The van der Waals surface area contributed by atoms with Gasteiger partial charge in [-0.05, 0) is 23.6 Å². The van der Waals surface area contributed by atoms with Crippen LogP contribution in [0.5, 0.6) is 5.06 Å². The van der Waals surface area contributed by atoms with E-state index in [1.807, 2.05) is 0 Å². The summed E-state index contributed by atoms with van der Waals surface area (Å²) in [6.45, 7) is 0. The van der Waals surface area contributed by atoms with Crippen molar-refractivity contribution in [2.45, 2.75) is 0 Å². The molecule has 0 bridgehead atoms. The van der Waals surface area contributed by atoms with E-state index >= 15 is 0 Å². The summed E-state index contributed by atoms with van der Waals surface area (Å²) in [5.41, 5.74) is 0.118. The fourth-order valence-corrected chi connectivity index (χ4v) is 2.45. The molecular formula is C8H6BClO3S. The van der Waals surface area contributed by atoms with E-state index in [2.05, 4.69) is 0 Å². The van der Waals surface area contributed by atoms with Crippen molar-refractivity contribution in [3.63, 3.8) is 0 Å². The number of rotatable bonds is 1. The zero-order valence-corrected chi connectivity index (χ0v) is 8.51. The third-order valence-electron chi connectivity index (χ3n) is 1.93. The smallest absolute Gasteiger partial charge is 0.493 e. The number of halogens is 1. The van der Waals surface area contributed by atoms with Crippen LogP contribution >= 0.6 is 22.9 Å². The molecule has 0 amide bonds. The van der Waals surface area contributed by atoms with Crippen LogP contribution in [0.15, 0.2) is 18.2 Å². The molecule has 0 atom stereocenters. The van der Waals surface area contributed by atoms with Gasteiger partial charge in [-0.25, -0.2) is 0 Å². The quantitative estimate of drug-likeness (QED) is 0.637. The van der Waals surface area contributed by atoms with E-state index in [1.165, 1.54) is 0 Å². The average molecular weight is 228 g/mol. The van der Waals surface area contributed by atoms with Crippen LogP contribution in [0.4, 0.5) is 0 Å². The molecule has 1 aromatic carbocycles. The summed E-state index contributed by atoms with van der Waals surface area (Å²) < 4.78 is 0.773. The topological polar surface area (TPSA) is 60.7 Å². The molecule has 0 aliphatic carbocycles. The molecule has 0 aliphatic rings. The molecule has 1 heterocycles. The highest BCUT2D eigenvalue weighted by Gasteiger charge is 2.22. The van der Waals surface area contributed by atoms with Crippen LogP contribution in [-0.4, -0.2) is 22.3 Å². The van der Waals surface area contributed by atoms with Crippen LogP contribution in [0.3, 0.4) is 0 Å². The first-order valence-electron chi connectivity index (χ1n) is 3.86. The Morgan fingerprint density at radius 2 is 2.00 bits per heavy atom. The second-order valence-electron chi connectivity index (χ2n) is 2.84. The van der Waals surface area contributed by atoms with Crippen molar-refractivity contribution < 1.29 is 15.2 Å². The van der Waals surface area contributed by atoms with E-state index in [1.54, 1.807) is 18.2 Å². The van der Waals surface area contributed by atoms with Gasteiger partial charge in [-0.15, -0.1) is 0 Å². The largest absolute Gasteiger partial charge is 0.500 e. The first kappa shape index (κ1) is 9.80. The number of aromatic hydroxyl groups is 1. The summed E-state index contributed by atoms with van der Waals surface area (Å²) in [4.78, 5) is 0. The maximum absolute atomic E-state index is 9.45. The molecule has 0 unspecified atom stereocenters. The Morgan fingerprint density at radius 1 is 1.29 bits per heavy atom. The minimum atomic E-state index is -1.68. The van der Waals surface area contributed by atoms with E-state index in [4.69, 9.17) is 21.6 Å². The molecule has 0 saturated heterocycles. The molecule has 0 aliphatic heterocycles. The van der Waals surface area contributed by atoms with Gasteiger partial charge < -0.3 is 15.2 Å². The lowest BCUT2D eigenvalue weighted by atomic mass is 9.80. The molecule has 1 aromatic heterocycles. The van der Waals surface area contributed by atoms with Gasteiger partial charge in [0.15, 0.2) is 5.06 Å². The second-order valence-corrected chi connectivity index (χ2v) is 4.30. The highest BCUT2D eigenvalue weighted by atomic mass is 35.5. The average Bonchev–Trinajstić information content (AvgIpc) is 2.40. The van der Waals surface area contributed by atoms with E-state index in [9.17, 15) is 5.11 Å². The summed E-state index contributed by atoms with van der Waals surface area (Å²) in [6.07, 6.45) is 0. The van der Waals surface area contributed by atoms with Crippen molar-refractivity contribution in [3.8, 4) is 5.06 Å². The SMILES string of the molecule is OB(O)c1c(O)sc2ccc(Cl)cc12. The van der Waals surface area contributed by atoms with Crippen LogP contribution in [0.2, 0.25) is 5.02 Å². The standard InChI is InChI=1S/C8H6BClO3S/c10-4-1-2-6-5(3-4)7(9(12)13)8(11)14-6/h1-3,11-13H. The van der Waals surface area contributed by atoms with E-state index in [-0.39, 0.29) is 10.5 Å². The van der Waals surface area contributed by atoms with Crippen LogP contribution in [0, 0.1) is 0 Å². The Balaban J connectivity index is 2.79. The van der Waals surface area contributed by atoms with Crippen LogP contribution in [-0.2, 0) is 0 Å². The minimum Gasteiger partial charge on any atom is -0.500 e. The molecule has 0 fully saturated rings. The molecule has 0 radical (unpaired) electrons. The van der Waals surface area contributed by atoms with E-state index < -0.39 is 7.12 Å². The number of hydrogen-bond donors (Lipinski definition) is 3. The maximum atomic E-state index is 9.45. The van der Waals surface area contributed by atoms with Gasteiger partial charge in [-0.3, -0.25) is 0 Å². The molecule has 2 rings (SSSR count). The first-order valence-corrected chi connectivity index (χ1v) is 5.06. The Bertz CT molecular complexity index is 483. The minimum absolute atomic E-state index is 0.0859. The van der Waals surface area contributed by atoms with Gasteiger partial charge in [0.2, 0.25) is 0 Å². The highest BCUT2D eigenvalue weighted by molar-refractivity contribution is 7.22. The molecule has 6 heteroatoms. The first-order chi connectivity index (χ1) is 6.59. The molecule has 3 N–H and O–H groups in total. The van der Waals surface area contributed by atoms with Crippen LogP contribution < -0.4 is 5.46 Å². The second kappa shape index (κ2) is 3.44. The normalized spacial score (nSPS) is 10.8. The van der Waals surface area contributed by atoms with Crippen LogP contribution in [0.1, 0.15) is 0 Å². The van der Waals surface area contributed by atoms with Gasteiger partial charge in [0.1, 0.15) is 0 Å². The zero-order valence-electron chi connectivity index (χ0n) is 6.94. The summed E-state index contributed by atoms with van der Waals surface area (Å²) in [5, 5.41) is 28.5. The molecule has 72 valence electrons. The van der Waals surface area contributed by atoms with Gasteiger partial charge in [0.25, 0.3) is 0 Å². The fraction of sp³-hybridized carbons (Fsp3) is 0. The monoisotopic (exact) mass is 228 g/mol. The lowest BCUT2D eigenvalue weighted by Gasteiger charge is -1.97. The third-order valence-corrected chi connectivity index (χ3v) is 3.15. The fourth-order valence-electron chi connectivity index (χ4n) is 1.33. The summed E-state index contributed by atoms with van der Waals surface area (Å²) in [5.74, 6) is 0. The van der Waals surface area contributed by atoms with Crippen LogP contribution in [0.25, 0.3) is 10.1 Å². The summed E-state index contributed by atoms with van der Waals surface area (Å²) >= 11 is 6.86. The van der Waals surface area contributed by atoms with Gasteiger partial charge >= 0.3 is 7.12 Å². The predicted octanol–water partition coefficient (Wildman–Crippen LogP) is 0.940. The number of benzene rings is 1. The number of hydrogen-bond acceptors (Lipinski definition) is 4. The van der Waals surface area contributed by atoms with E-state index in [0.29, 0.717) is 10.4 Å². The van der Waals surface area contributed by atoms with Gasteiger partial charge in [-0.1, -0.05) is 22.9 Å². The Morgan fingerprint density at radius 3 is 2.64 bits per heavy atom. The molecule has 14 heavy (non-hydrogen) atoms. The van der Waals surface area contributed by atoms with Crippen molar-refractivity contribution in [3.05, 3.63) is 23.2 Å². The Kier molecular flexibility index (Phi) is 2.40. The molecule has 0 saturated carbocycles. The lowest BCUT2D eigenvalue weighted by Crippen LogP contribution is -2.29. The summed E-state index contributed by atoms with van der Waals surface area (Å²) in [6, 6.07) is 5.02. The van der Waals surface area contributed by atoms with Gasteiger partial charge in [-0.2, -0.15) is 0 Å². The Hall–Kier alpha value is -0.745. The van der Waals surface area contributed by atoms with Gasteiger partial charge in [0.05, 0.1) is 0 Å². The van der Waals surface area contributed by atoms with Crippen molar-refractivity contribution in [2.75, 3.05) is 0 Å².